The Labute approximate surface area is 122 Å². The number of hydrogen-bond donors (Lipinski definition) is 1. The van der Waals surface area contributed by atoms with Crippen LogP contribution in [0.4, 0.5) is 13.2 Å². The van der Waals surface area contributed by atoms with Crippen molar-refractivity contribution in [2.75, 3.05) is 6.61 Å². The van der Waals surface area contributed by atoms with Gasteiger partial charge in [-0.15, -0.1) is 0 Å². The van der Waals surface area contributed by atoms with Gasteiger partial charge < -0.3 is 10.5 Å². The Morgan fingerprint density at radius 3 is 2.30 bits per heavy atom. The lowest BCUT2D eigenvalue weighted by Crippen LogP contribution is -2.16. The van der Waals surface area contributed by atoms with Gasteiger partial charge >= 0.3 is 6.18 Å². The maximum absolute atomic E-state index is 12.6. The van der Waals surface area contributed by atoms with Crippen LogP contribution in [0.5, 0.6) is 5.75 Å². The quantitative estimate of drug-likeness (QED) is 0.849. The molecule has 6 heteroatoms. The summed E-state index contributed by atoms with van der Waals surface area (Å²) in [5, 5.41) is 0. The van der Waals surface area contributed by atoms with Gasteiger partial charge in [-0.1, -0.05) is 33.0 Å². The zero-order chi connectivity index (χ0) is 15.6. The van der Waals surface area contributed by atoms with Gasteiger partial charge in [-0.05, 0) is 30.0 Å². The molecule has 0 aromatic heterocycles. The predicted octanol–water partition coefficient (Wildman–Crippen LogP) is 4.15. The smallest absolute Gasteiger partial charge is 0.416 e. The molecule has 0 spiro atoms. The number of benzene rings is 1. The largest absolute Gasteiger partial charge is 0.493 e. The van der Waals surface area contributed by atoms with Crippen molar-refractivity contribution < 1.29 is 17.9 Å². The third kappa shape index (κ3) is 5.00. The average molecular weight is 305 g/mol. The van der Waals surface area contributed by atoms with E-state index in [2.05, 4.69) is 20.8 Å². The van der Waals surface area contributed by atoms with E-state index in [1.807, 2.05) is 0 Å². The molecule has 1 aromatic rings. The molecule has 1 rings (SSSR count). The molecule has 0 heterocycles. The Morgan fingerprint density at radius 1 is 1.25 bits per heavy atom. The second kappa shape index (κ2) is 5.99. The second-order valence-electron chi connectivity index (χ2n) is 5.73. The van der Waals surface area contributed by atoms with Crippen LogP contribution in [0, 0.1) is 5.41 Å². The lowest BCUT2D eigenvalue weighted by molar-refractivity contribution is -0.137. The Morgan fingerprint density at radius 2 is 1.85 bits per heavy atom. The van der Waals surface area contributed by atoms with Gasteiger partial charge in [0.05, 0.1) is 17.7 Å². The van der Waals surface area contributed by atoms with Gasteiger partial charge in [0.15, 0.2) is 0 Å². The van der Waals surface area contributed by atoms with Gasteiger partial charge in [-0.3, -0.25) is 0 Å². The average Bonchev–Trinajstić information content (AvgIpc) is 2.25. The standard InChI is InChI=1S/C14H18F3NOS/c1-13(2,3)6-7-19-11-5-4-9(14(15,16)17)8-10(11)12(18)20/h4-5,8H,6-7H2,1-3H3,(H2,18,20). The van der Waals surface area contributed by atoms with E-state index in [0.717, 1.165) is 18.6 Å². The summed E-state index contributed by atoms with van der Waals surface area (Å²) in [6, 6.07) is 3.16. The van der Waals surface area contributed by atoms with Crippen molar-refractivity contribution in [2.24, 2.45) is 11.1 Å². The topological polar surface area (TPSA) is 35.2 Å². The first-order valence-electron chi connectivity index (χ1n) is 6.14. The van der Waals surface area contributed by atoms with Crippen molar-refractivity contribution in [1.29, 1.82) is 0 Å². The zero-order valence-electron chi connectivity index (χ0n) is 11.7. The fourth-order valence-corrected chi connectivity index (χ4v) is 1.65. The minimum absolute atomic E-state index is 0.0787. The number of nitrogens with two attached hydrogens (primary N) is 1. The Hall–Kier alpha value is -1.30. The summed E-state index contributed by atoms with van der Waals surface area (Å²) in [6.07, 6.45) is -3.66. The Kier molecular flexibility index (Phi) is 5.02. The first-order chi connectivity index (χ1) is 9.00. The molecule has 2 N–H and O–H groups in total. The summed E-state index contributed by atoms with van der Waals surface area (Å²) in [7, 11) is 0. The highest BCUT2D eigenvalue weighted by molar-refractivity contribution is 7.80. The molecular weight excluding hydrogens is 287 g/mol. The Balaban J connectivity index is 2.94. The van der Waals surface area contributed by atoms with E-state index in [-0.39, 0.29) is 21.7 Å². The third-order valence-electron chi connectivity index (χ3n) is 2.68. The highest BCUT2D eigenvalue weighted by atomic mass is 32.1. The fraction of sp³-hybridized carbons (Fsp3) is 0.500. The molecule has 2 nitrogen and oxygen atoms in total. The maximum atomic E-state index is 12.6. The molecule has 0 unspecified atom stereocenters. The third-order valence-corrected chi connectivity index (χ3v) is 2.90. The van der Waals surface area contributed by atoms with Gasteiger partial charge in [0.25, 0.3) is 0 Å². The highest BCUT2D eigenvalue weighted by Gasteiger charge is 2.31. The van der Waals surface area contributed by atoms with Crippen LogP contribution in [0.15, 0.2) is 18.2 Å². The van der Waals surface area contributed by atoms with Crippen LogP contribution in [0.1, 0.15) is 38.3 Å². The number of halogens is 3. The number of alkyl halides is 3. The number of rotatable bonds is 4. The molecule has 1 aromatic carbocycles. The molecule has 0 saturated heterocycles. The number of thiocarbonyl (C=S) groups is 1. The minimum Gasteiger partial charge on any atom is -0.493 e. The van der Waals surface area contributed by atoms with Crippen molar-refractivity contribution in [3.05, 3.63) is 29.3 Å². The first-order valence-corrected chi connectivity index (χ1v) is 6.55. The molecule has 0 fully saturated rings. The molecule has 0 saturated carbocycles. The van der Waals surface area contributed by atoms with Gasteiger partial charge in [0.2, 0.25) is 0 Å². The van der Waals surface area contributed by atoms with Crippen molar-refractivity contribution in [1.82, 2.24) is 0 Å². The van der Waals surface area contributed by atoms with Crippen molar-refractivity contribution in [2.45, 2.75) is 33.4 Å². The van der Waals surface area contributed by atoms with E-state index in [1.54, 1.807) is 0 Å². The van der Waals surface area contributed by atoms with E-state index in [4.69, 9.17) is 22.7 Å². The monoisotopic (exact) mass is 305 g/mol. The maximum Gasteiger partial charge on any atom is 0.416 e. The molecule has 0 bridgehead atoms. The summed E-state index contributed by atoms with van der Waals surface area (Å²) in [5.74, 6) is 0.287. The van der Waals surface area contributed by atoms with Gasteiger partial charge in [0.1, 0.15) is 10.7 Å². The molecule has 0 aliphatic rings. The highest BCUT2D eigenvalue weighted by Crippen LogP contribution is 2.32. The summed E-state index contributed by atoms with van der Waals surface area (Å²) in [4.78, 5) is -0.109. The van der Waals surface area contributed by atoms with E-state index < -0.39 is 11.7 Å². The summed E-state index contributed by atoms with van der Waals surface area (Å²) >= 11 is 4.79. The van der Waals surface area contributed by atoms with Crippen LogP contribution in [0.25, 0.3) is 0 Å². The van der Waals surface area contributed by atoms with E-state index in [1.165, 1.54) is 6.07 Å². The predicted molar refractivity (Wildman–Crippen MR) is 76.9 cm³/mol. The van der Waals surface area contributed by atoms with Crippen molar-refractivity contribution in [3.63, 3.8) is 0 Å². The van der Waals surface area contributed by atoms with Crippen LogP contribution in [0.3, 0.4) is 0 Å². The van der Waals surface area contributed by atoms with Crippen LogP contribution >= 0.6 is 12.2 Å². The molecular formula is C14H18F3NOS. The van der Waals surface area contributed by atoms with Crippen LogP contribution < -0.4 is 10.5 Å². The molecule has 0 radical (unpaired) electrons. The number of hydrogen-bond acceptors (Lipinski definition) is 2. The van der Waals surface area contributed by atoms with Crippen molar-refractivity contribution in [3.8, 4) is 5.75 Å². The SMILES string of the molecule is CC(C)(C)CCOc1ccc(C(F)(F)F)cc1C(N)=S. The molecule has 112 valence electrons. The fourth-order valence-electron chi connectivity index (χ4n) is 1.49. The second-order valence-corrected chi connectivity index (χ2v) is 6.17. The van der Waals surface area contributed by atoms with Crippen LogP contribution in [-0.4, -0.2) is 11.6 Å². The molecule has 0 amide bonds. The minimum atomic E-state index is -4.43. The Bertz CT molecular complexity index is 492. The summed E-state index contributed by atoms with van der Waals surface area (Å²) in [5.41, 5.74) is 4.87. The van der Waals surface area contributed by atoms with E-state index in [0.29, 0.717) is 6.61 Å². The first kappa shape index (κ1) is 16.8. The van der Waals surface area contributed by atoms with Gasteiger partial charge in [-0.2, -0.15) is 13.2 Å². The molecule has 0 aliphatic heterocycles. The van der Waals surface area contributed by atoms with E-state index in [9.17, 15) is 13.2 Å². The lowest BCUT2D eigenvalue weighted by Gasteiger charge is -2.19. The van der Waals surface area contributed by atoms with E-state index >= 15 is 0 Å². The van der Waals surface area contributed by atoms with Gasteiger partial charge in [0, 0.05) is 0 Å². The van der Waals surface area contributed by atoms with Crippen LogP contribution in [0.2, 0.25) is 0 Å². The molecule has 20 heavy (non-hydrogen) atoms. The van der Waals surface area contributed by atoms with Crippen molar-refractivity contribution >= 4 is 17.2 Å². The van der Waals surface area contributed by atoms with Gasteiger partial charge in [-0.25, -0.2) is 0 Å². The number of ether oxygens (including phenoxy) is 1. The van der Waals surface area contributed by atoms with Crippen LogP contribution in [-0.2, 0) is 6.18 Å². The zero-order valence-corrected chi connectivity index (χ0v) is 12.5. The molecule has 0 atom stereocenters. The summed E-state index contributed by atoms with van der Waals surface area (Å²) < 4.78 is 43.4. The molecule has 0 aliphatic carbocycles. The lowest BCUT2D eigenvalue weighted by atomic mass is 9.93. The summed E-state index contributed by atoms with van der Waals surface area (Å²) in [6.45, 7) is 6.55. The normalized spacial score (nSPS) is 12.3.